The first-order chi connectivity index (χ1) is 12.8. The van der Waals surface area contributed by atoms with Gasteiger partial charge in [0.1, 0.15) is 0 Å². The van der Waals surface area contributed by atoms with Crippen LogP contribution in [0.4, 0.5) is 0 Å². The lowest BCUT2D eigenvalue weighted by Crippen LogP contribution is -2.45. The Hall–Kier alpha value is -0.990. The van der Waals surface area contributed by atoms with Gasteiger partial charge in [-0.15, -0.1) is 0 Å². The first-order valence-corrected chi connectivity index (χ1v) is 11.5. The third-order valence-electron chi connectivity index (χ3n) is 6.05. The molecule has 0 spiro atoms. The summed E-state index contributed by atoms with van der Waals surface area (Å²) in [6, 6.07) is 11.1. The van der Waals surface area contributed by atoms with Crippen molar-refractivity contribution in [2.45, 2.75) is 31.4 Å². The average molecular weight is 396 g/mol. The molecule has 27 heavy (non-hydrogen) atoms. The normalized spacial score (nSPS) is 26.1. The molecule has 1 aromatic carbocycles. The van der Waals surface area contributed by atoms with Crippen molar-refractivity contribution in [1.29, 1.82) is 0 Å². The molecule has 0 unspecified atom stereocenters. The number of aliphatic hydroxyl groups excluding tert-OH is 1. The number of hydrogen-bond acceptors (Lipinski definition) is 5. The SMILES string of the molecule is CN(C)S(=O)(=O)C[C@@H]1CN(C2CCN(CCc3ccccc3)CC2)C[C@@H]1O. The molecule has 2 aliphatic rings. The van der Waals surface area contributed by atoms with E-state index in [-0.39, 0.29) is 11.7 Å². The topological polar surface area (TPSA) is 64.1 Å². The number of nitrogens with zero attached hydrogens (tertiary/aromatic N) is 3. The maximum atomic E-state index is 12.1. The van der Waals surface area contributed by atoms with Crippen molar-refractivity contribution in [1.82, 2.24) is 14.1 Å². The largest absolute Gasteiger partial charge is 0.391 e. The second kappa shape index (κ2) is 9.01. The second-order valence-electron chi connectivity index (χ2n) is 8.15. The molecule has 3 rings (SSSR count). The smallest absolute Gasteiger partial charge is 0.214 e. The molecule has 1 N–H and O–H groups in total. The Balaban J connectivity index is 1.44. The molecule has 0 amide bonds. The maximum absolute atomic E-state index is 12.1. The zero-order chi connectivity index (χ0) is 19.4. The summed E-state index contributed by atoms with van der Waals surface area (Å²) in [6.45, 7) is 4.52. The quantitative estimate of drug-likeness (QED) is 0.743. The van der Waals surface area contributed by atoms with Crippen LogP contribution >= 0.6 is 0 Å². The van der Waals surface area contributed by atoms with Crippen LogP contribution in [0.25, 0.3) is 0 Å². The molecular weight excluding hydrogens is 362 g/mol. The summed E-state index contributed by atoms with van der Waals surface area (Å²) in [5.41, 5.74) is 1.38. The van der Waals surface area contributed by atoms with Crippen molar-refractivity contribution >= 4 is 10.0 Å². The van der Waals surface area contributed by atoms with Gasteiger partial charge in [0.25, 0.3) is 0 Å². The van der Waals surface area contributed by atoms with E-state index in [0.29, 0.717) is 19.1 Å². The van der Waals surface area contributed by atoms with Gasteiger partial charge in [-0.05, 0) is 37.9 Å². The van der Waals surface area contributed by atoms with Crippen molar-refractivity contribution in [2.24, 2.45) is 5.92 Å². The number of sulfonamides is 1. The Morgan fingerprint density at radius 2 is 1.78 bits per heavy atom. The fourth-order valence-corrected chi connectivity index (χ4v) is 5.38. The number of piperidine rings is 1. The molecule has 0 bridgehead atoms. The van der Waals surface area contributed by atoms with Crippen LogP contribution in [-0.4, -0.2) is 92.3 Å². The highest BCUT2D eigenvalue weighted by Crippen LogP contribution is 2.26. The summed E-state index contributed by atoms with van der Waals surface area (Å²) < 4.78 is 25.5. The zero-order valence-electron chi connectivity index (χ0n) is 16.5. The van der Waals surface area contributed by atoms with E-state index < -0.39 is 16.1 Å². The molecule has 2 aliphatic heterocycles. The fourth-order valence-electron chi connectivity index (χ4n) is 4.21. The number of β-amino-alcohol motifs (C(OH)–C–C–N with tert-alkyl or cyclic N) is 1. The minimum atomic E-state index is -3.27. The van der Waals surface area contributed by atoms with Crippen LogP contribution in [0.2, 0.25) is 0 Å². The van der Waals surface area contributed by atoms with Crippen LogP contribution in [0.15, 0.2) is 30.3 Å². The van der Waals surface area contributed by atoms with Crippen LogP contribution in [0.3, 0.4) is 0 Å². The predicted molar refractivity (Wildman–Crippen MR) is 108 cm³/mol. The lowest BCUT2D eigenvalue weighted by atomic mass is 10.0. The average Bonchev–Trinajstić information content (AvgIpc) is 3.01. The summed E-state index contributed by atoms with van der Waals surface area (Å²) in [5, 5.41) is 10.4. The highest BCUT2D eigenvalue weighted by molar-refractivity contribution is 7.89. The van der Waals surface area contributed by atoms with Crippen molar-refractivity contribution in [3.8, 4) is 0 Å². The van der Waals surface area contributed by atoms with E-state index in [4.69, 9.17) is 0 Å². The number of rotatable bonds is 7. The summed E-state index contributed by atoms with van der Waals surface area (Å²) in [5.74, 6) is -0.151. The minimum absolute atomic E-state index is 0.0353. The zero-order valence-corrected chi connectivity index (χ0v) is 17.3. The summed E-state index contributed by atoms with van der Waals surface area (Å²) in [6.07, 6.45) is 2.72. The maximum Gasteiger partial charge on any atom is 0.214 e. The van der Waals surface area contributed by atoms with Crippen LogP contribution in [0, 0.1) is 5.92 Å². The molecule has 152 valence electrons. The van der Waals surface area contributed by atoms with Crippen molar-refractivity contribution in [3.63, 3.8) is 0 Å². The van der Waals surface area contributed by atoms with Crippen molar-refractivity contribution < 1.29 is 13.5 Å². The monoisotopic (exact) mass is 395 g/mol. The molecule has 0 radical (unpaired) electrons. The van der Waals surface area contributed by atoms with E-state index >= 15 is 0 Å². The van der Waals surface area contributed by atoms with Gasteiger partial charge in [0.2, 0.25) is 10.0 Å². The first kappa shape index (κ1) is 20.7. The molecule has 2 atom stereocenters. The van der Waals surface area contributed by atoms with Crippen LogP contribution in [-0.2, 0) is 16.4 Å². The highest BCUT2D eigenvalue weighted by atomic mass is 32.2. The molecule has 0 saturated carbocycles. The number of hydrogen-bond donors (Lipinski definition) is 1. The summed E-state index contributed by atoms with van der Waals surface area (Å²) in [4.78, 5) is 4.83. The Morgan fingerprint density at radius 1 is 1.11 bits per heavy atom. The van der Waals surface area contributed by atoms with E-state index in [1.807, 2.05) is 0 Å². The Morgan fingerprint density at radius 3 is 2.41 bits per heavy atom. The van der Waals surface area contributed by atoms with Crippen LogP contribution in [0.5, 0.6) is 0 Å². The highest BCUT2D eigenvalue weighted by Gasteiger charge is 2.38. The van der Waals surface area contributed by atoms with Crippen LogP contribution < -0.4 is 0 Å². The molecule has 0 aliphatic carbocycles. The van der Waals surface area contributed by atoms with Gasteiger partial charge in [0.05, 0.1) is 11.9 Å². The van der Waals surface area contributed by atoms with Gasteiger partial charge >= 0.3 is 0 Å². The minimum Gasteiger partial charge on any atom is -0.391 e. The first-order valence-electron chi connectivity index (χ1n) is 9.94. The van der Waals surface area contributed by atoms with E-state index in [2.05, 4.69) is 40.1 Å². The third-order valence-corrected chi connectivity index (χ3v) is 8.01. The lowest BCUT2D eigenvalue weighted by Gasteiger charge is -2.36. The Kier molecular flexibility index (Phi) is 6.92. The molecule has 2 fully saturated rings. The molecule has 2 saturated heterocycles. The Labute approximate surface area is 163 Å². The van der Waals surface area contributed by atoms with Gasteiger partial charge in [0, 0.05) is 45.7 Å². The fraction of sp³-hybridized carbons (Fsp3) is 0.700. The molecular formula is C20H33N3O3S. The summed E-state index contributed by atoms with van der Waals surface area (Å²) >= 11 is 0. The standard InChI is InChI=1S/C20H33N3O3S/c1-21(2)27(25,26)16-18-14-23(15-20(18)24)19-9-12-22(13-10-19)11-8-17-6-4-3-5-7-17/h3-7,18-20,24H,8-16H2,1-2H3/t18-,20-/m0/s1. The van der Waals surface area contributed by atoms with Gasteiger partial charge in [0.15, 0.2) is 0 Å². The molecule has 6 nitrogen and oxygen atoms in total. The third kappa shape index (κ3) is 5.51. The van der Waals surface area contributed by atoms with E-state index in [1.54, 1.807) is 14.1 Å². The van der Waals surface area contributed by atoms with Gasteiger partial charge in [-0.1, -0.05) is 30.3 Å². The van der Waals surface area contributed by atoms with Crippen molar-refractivity contribution in [3.05, 3.63) is 35.9 Å². The lowest BCUT2D eigenvalue weighted by molar-refractivity contribution is 0.108. The number of benzene rings is 1. The van der Waals surface area contributed by atoms with E-state index in [0.717, 1.165) is 38.9 Å². The van der Waals surface area contributed by atoms with Gasteiger partial charge < -0.3 is 10.0 Å². The molecule has 7 heteroatoms. The number of likely N-dealkylation sites (tertiary alicyclic amines) is 2. The second-order valence-corrected chi connectivity index (χ2v) is 10.4. The van der Waals surface area contributed by atoms with E-state index in [9.17, 15) is 13.5 Å². The van der Waals surface area contributed by atoms with Gasteiger partial charge in [-0.2, -0.15) is 0 Å². The van der Waals surface area contributed by atoms with E-state index in [1.165, 1.54) is 9.87 Å². The molecule has 1 aromatic rings. The Bertz CT molecular complexity index is 688. The van der Waals surface area contributed by atoms with Gasteiger partial charge in [-0.25, -0.2) is 12.7 Å². The molecule has 2 heterocycles. The van der Waals surface area contributed by atoms with Crippen LogP contribution in [0.1, 0.15) is 18.4 Å². The summed E-state index contributed by atoms with van der Waals surface area (Å²) in [7, 11) is -0.162. The van der Waals surface area contributed by atoms with Gasteiger partial charge in [-0.3, -0.25) is 4.90 Å². The molecule has 0 aromatic heterocycles. The predicted octanol–water partition coefficient (Wildman–Crippen LogP) is 0.878. The number of aliphatic hydroxyl groups is 1. The van der Waals surface area contributed by atoms with Crippen molar-refractivity contribution in [2.75, 3.05) is 52.6 Å².